The van der Waals surface area contributed by atoms with Crippen molar-refractivity contribution in [1.82, 2.24) is 10.3 Å². The molecule has 0 bridgehead atoms. The van der Waals surface area contributed by atoms with Crippen LogP contribution in [-0.2, 0) is 16.0 Å². The molecule has 138 valence electrons. The minimum Gasteiger partial charge on any atom is -0.451 e. The van der Waals surface area contributed by atoms with E-state index in [9.17, 15) is 9.59 Å². The Balaban J connectivity index is 1.62. The highest BCUT2D eigenvalue weighted by Crippen LogP contribution is 2.18. The summed E-state index contributed by atoms with van der Waals surface area (Å²) in [5, 5.41) is 3.34. The molecule has 5 nitrogen and oxygen atoms in total. The number of esters is 1. The maximum absolute atomic E-state index is 12.3. The molecule has 0 radical (unpaired) electrons. The van der Waals surface area contributed by atoms with Crippen molar-refractivity contribution in [2.24, 2.45) is 0 Å². The summed E-state index contributed by atoms with van der Waals surface area (Å²) in [5.74, 6) is -0.998. The molecule has 2 N–H and O–H groups in total. The molecule has 0 aliphatic carbocycles. The average Bonchev–Trinajstić information content (AvgIpc) is 3.13. The highest BCUT2D eigenvalue weighted by molar-refractivity contribution is 6.30. The average molecular weight is 383 g/mol. The van der Waals surface area contributed by atoms with Gasteiger partial charge in [-0.1, -0.05) is 72.3 Å². The molecule has 1 aromatic heterocycles. The van der Waals surface area contributed by atoms with Crippen LogP contribution in [0.4, 0.5) is 0 Å². The van der Waals surface area contributed by atoms with E-state index in [4.69, 9.17) is 16.3 Å². The van der Waals surface area contributed by atoms with Crippen LogP contribution in [0.15, 0.2) is 72.9 Å². The van der Waals surface area contributed by atoms with Gasteiger partial charge in [-0.3, -0.25) is 4.79 Å². The standard InChI is InChI=1S/C21H19ClN2O3/c22-17-12-19(23-13-17)21(26)27-14-20(25)24-18(16-9-5-2-6-10-16)11-15-7-3-1-4-8-15/h1-10,12-13,18,23H,11,14H2,(H,24,25). The Bertz CT molecular complexity index is 894. The van der Waals surface area contributed by atoms with E-state index in [1.165, 1.54) is 12.3 Å². The highest BCUT2D eigenvalue weighted by atomic mass is 35.5. The van der Waals surface area contributed by atoms with E-state index < -0.39 is 5.97 Å². The van der Waals surface area contributed by atoms with Gasteiger partial charge in [0.05, 0.1) is 11.1 Å². The van der Waals surface area contributed by atoms with Gasteiger partial charge in [0.25, 0.3) is 5.91 Å². The zero-order chi connectivity index (χ0) is 19.1. The van der Waals surface area contributed by atoms with Crippen LogP contribution >= 0.6 is 11.6 Å². The maximum Gasteiger partial charge on any atom is 0.355 e. The summed E-state index contributed by atoms with van der Waals surface area (Å²) in [7, 11) is 0. The second kappa shape index (κ2) is 9.05. The lowest BCUT2D eigenvalue weighted by molar-refractivity contribution is -0.125. The quantitative estimate of drug-likeness (QED) is 0.608. The Morgan fingerprint density at radius 2 is 1.70 bits per heavy atom. The number of nitrogens with one attached hydrogen (secondary N) is 2. The van der Waals surface area contributed by atoms with Gasteiger partial charge >= 0.3 is 5.97 Å². The largest absolute Gasteiger partial charge is 0.451 e. The summed E-state index contributed by atoms with van der Waals surface area (Å²) >= 11 is 5.76. The van der Waals surface area contributed by atoms with Gasteiger partial charge in [-0.05, 0) is 23.6 Å². The summed E-state index contributed by atoms with van der Waals surface area (Å²) in [6.45, 7) is -0.367. The number of ether oxygens (including phenoxy) is 1. The van der Waals surface area contributed by atoms with Crippen molar-refractivity contribution in [3.63, 3.8) is 0 Å². The van der Waals surface area contributed by atoms with E-state index in [0.29, 0.717) is 11.4 Å². The van der Waals surface area contributed by atoms with Crippen molar-refractivity contribution in [3.05, 3.63) is 94.8 Å². The van der Waals surface area contributed by atoms with E-state index in [1.54, 1.807) is 0 Å². The fourth-order valence-corrected chi connectivity index (χ4v) is 2.88. The van der Waals surface area contributed by atoms with Gasteiger partial charge in [0.15, 0.2) is 6.61 Å². The van der Waals surface area contributed by atoms with Crippen LogP contribution in [0.25, 0.3) is 0 Å². The number of hydrogen-bond donors (Lipinski definition) is 2. The zero-order valence-corrected chi connectivity index (χ0v) is 15.3. The molecule has 3 aromatic rings. The molecular weight excluding hydrogens is 364 g/mol. The van der Waals surface area contributed by atoms with Crippen LogP contribution in [0.1, 0.15) is 27.7 Å². The molecule has 1 heterocycles. The van der Waals surface area contributed by atoms with Gasteiger partial charge < -0.3 is 15.0 Å². The minimum absolute atomic E-state index is 0.205. The number of benzene rings is 2. The fraction of sp³-hybridized carbons (Fsp3) is 0.143. The van der Waals surface area contributed by atoms with E-state index in [0.717, 1.165) is 11.1 Å². The van der Waals surface area contributed by atoms with Crippen LogP contribution in [-0.4, -0.2) is 23.5 Å². The topological polar surface area (TPSA) is 71.2 Å². The lowest BCUT2D eigenvalue weighted by Crippen LogP contribution is -2.33. The van der Waals surface area contributed by atoms with Crippen molar-refractivity contribution in [2.75, 3.05) is 6.61 Å². The minimum atomic E-state index is -0.628. The summed E-state index contributed by atoms with van der Waals surface area (Å²) in [4.78, 5) is 26.9. The normalized spacial score (nSPS) is 11.6. The Kier molecular flexibility index (Phi) is 6.28. The molecule has 0 fully saturated rings. The van der Waals surface area contributed by atoms with E-state index >= 15 is 0 Å². The highest BCUT2D eigenvalue weighted by Gasteiger charge is 2.17. The molecule has 0 saturated heterocycles. The van der Waals surface area contributed by atoms with Crippen molar-refractivity contribution in [3.8, 4) is 0 Å². The summed E-state index contributed by atoms with van der Waals surface area (Å²) in [6.07, 6.45) is 2.11. The van der Waals surface area contributed by atoms with Gasteiger partial charge in [0.2, 0.25) is 0 Å². The van der Waals surface area contributed by atoms with Gasteiger partial charge in [-0.2, -0.15) is 0 Å². The fourth-order valence-electron chi connectivity index (χ4n) is 2.72. The second-order valence-electron chi connectivity index (χ2n) is 6.03. The molecule has 0 saturated carbocycles. The number of carbonyl (C=O) groups excluding carboxylic acids is 2. The van der Waals surface area contributed by atoms with E-state index in [1.807, 2.05) is 60.7 Å². The molecule has 1 unspecified atom stereocenters. The Labute approximate surface area is 162 Å². The van der Waals surface area contributed by atoms with E-state index in [2.05, 4.69) is 10.3 Å². The molecule has 27 heavy (non-hydrogen) atoms. The van der Waals surface area contributed by atoms with Gasteiger partial charge in [0.1, 0.15) is 5.69 Å². The number of H-pyrrole nitrogens is 1. The molecule has 3 rings (SSSR count). The Morgan fingerprint density at radius 1 is 1.04 bits per heavy atom. The first-order chi connectivity index (χ1) is 13.1. The first-order valence-electron chi connectivity index (χ1n) is 8.51. The van der Waals surface area contributed by atoms with Crippen LogP contribution < -0.4 is 5.32 Å². The number of halogens is 1. The Hall–Kier alpha value is -3.05. The first kappa shape index (κ1) is 18.7. The van der Waals surface area contributed by atoms with Crippen LogP contribution in [0.5, 0.6) is 0 Å². The maximum atomic E-state index is 12.3. The van der Waals surface area contributed by atoms with Crippen LogP contribution in [0, 0.1) is 0 Å². The number of rotatable bonds is 7. The third-order valence-corrected chi connectivity index (χ3v) is 4.24. The molecule has 6 heteroatoms. The monoisotopic (exact) mass is 382 g/mol. The smallest absolute Gasteiger partial charge is 0.355 e. The number of aromatic amines is 1. The predicted octanol–water partition coefficient (Wildman–Crippen LogP) is 3.93. The Morgan fingerprint density at radius 3 is 2.33 bits per heavy atom. The molecule has 1 amide bonds. The number of carbonyl (C=O) groups is 2. The summed E-state index contributed by atoms with van der Waals surface area (Å²) in [6, 6.07) is 20.8. The molecule has 0 aliphatic rings. The number of aromatic nitrogens is 1. The third kappa shape index (κ3) is 5.46. The lowest BCUT2D eigenvalue weighted by atomic mass is 9.99. The van der Waals surface area contributed by atoms with Crippen molar-refractivity contribution in [1.29, 1.82) is 0 Å². The van der Waals surface area contributed by atoms with Crippen molar-refractivity contribution in [2.45, 2.75) is 12.5 Å². The van der Waals surface area contributed by atoms with Crippen molar-refractivity contribution < 1.29 is 14.3 Å². The summed E-state index contributed by atoms with van der Waals surface area (Å²) < 4.78 is 5.05. The number of hydrogen-bond acceptors (Lipinski definition) is 3. The van der Waals surface area contributed by atoms with Crippen molar-refractivity contribution >= 4 is 23.5 Å². The predicted molar refractivity (Wildman–Crippen MR) is 104 cm³/mol. The van der Waals surface area contributed by atoms with Gasteiger partial charge in [-0.15, -0.1) is 0 Å². The van der Waals surface area contributed by atoms with Gasteiger partial charge in [0, 0.05) is 6.20 Å². The van der Waals surface area contributed by atoms with E-state index in [-0.39, 0.29) is 24.2 Å². The molecular formula is C21H19ClN2O3. The zero-order valence-electron chi connectivity index (χ0n) is 14.5. The molecule has 0 spiro atoms. The molecule has 1 atom stereocenters. The molecule has 0 aliphatic heterocycles. The van der Waals surface area contributed by atoms with Crippen LogP contribution in [0.3, 0.4) is 0 Å². The molecule has 2 aromatic carbocycles. The van der Waals surface area contributed by atoms with Gasteiger partial charge in [-0.25, -0.2) is 4.79 Å². The van der Waals surface area contributed by atoms with Crippen LogP contribution in [0.2, 0.25) is 5.02 Å². The summed E-state index contributed by atoms with van der Waals surface area (Å²) in [5.41, 5.74) is 2.29. The lowest BCUT2D eigenvalue weighted by Gasteiger charge is -2.19. The first-order valence-corrected chi connectivity index (χ1v) is 8.89. The third-order valence-electron chi connectivity index (χ3n) is 4.02. The SMILES string of the molecule is O=C(COC(=O)c1cc(Cl)c[nH]1)NC(Cc1ccccc1)c1ccccc1. The second-order valence-corrected chi connectivity index (χ2v) is 6.46. The number of amides is 1.